The lowest BCUT2D eigenvalue weighted by Crippen LogP contribution is -2.49. The molecule has 4 rings (SSSR count). The van der Waals surface area contributed by atoms with Gasteiger partial charge in [-0.05, 0) is 6.92 Å². The van der Waals surface area contributed by atoms with Gasteiger partial charge in [0.2, 0.25) is 17.6 Å². The van der Waals surface area contributed by atoms with Crippen LogP contribution in [0.15, 0.2) is 41.4 Å². The summed E-state index contributed by atoms with van der Waals surface area (Å²) in [5.74, 6) is 1.25. The number of aromatic nitrogens is 5. The molecule has 0 atom stereocenters. The Bertz CT molecular complexity index is 881. The second-order valence-electron chi connectivity index (χ2n) is 6.63. The van der Waals surface area contributed by atoms with Crippen LogP contribution >= 0.6 is 0 Å². The number of rotatable bonds is 5. The van der Waals surface area contributed by atoms with E-state index in [0.29, 0.717) is 31.3 Å². The third kappa shape index (κ3) is 4.20. The van der Waals surface area contributed by atoms with Crippen molar-refractivity contribution in [1.82, 2.24) is 34.7 Å². The van der Waals surface area contributed by atoms with Gasteiger partial charge in [-0.2, -0.15) is 10.1 Å². The summed E-state index contributed by atoms with van der Waals surface area (Å²) in [6.07, 6.45) is 2.98. The molecule has 0 aliphatic carbocycles. The average Bonchev–Trinajstić information content (AvgIpc) is 3.35. The molecular formula is C18H21N7O2. The average molecular weight is 367 g/mol. The van der Waals surface area contributed by atoms with Crippen LogP contribution in [-0.4, -0.2) is 66.8 Å². The predicted molar refractivity (Wildman–Crippen MR) is 96.4 cm³/mol. The van der Waals surface area contributed by atoms with Crippen molar-refractivity contribution >= 4 is 5.91 Å². The summed E-state index contributed by atoms with van der Waals surface area (Å²) in [7, 11) is 0. The first-order chi connectivity index (χ1) is 13.2. The highest BCUT2D eigenvalue weighted by molar-refractivity contribution is 5.76. The number of carbonyl (C=O) groups excluding carboxylic acids is 1. The number of aryl methyl sites for hydroxylation is 1. The molecule has 3 aromatic rings. The Morgan fingerprint density at radius 3 is 2.63 bits per heavy atom. The highest BCUT2D eigenvalue weighted by Crippen LogP contribution is 2.17. The maximum Gasteiger partial charge on any atom is 0.244 e. The number of amides is 1. The van der Waals surface area contributed by atoms with Crippen LogP contribution in [0.3, 0.4) is 0 Å². The van der Waals surface area contributed by atoms with Gasteiger partial charge in [0.25, 0.3) is 0 Å². The van der Waals surface area contributed by atoms with Crippen molar-refractivity contribution in [2.75, 3.05) is 26.2 Å². The Morgan fingerprint density at radius 1 is 1.15 bits per heavy atom. The Labute approximate surface area is 156 Å². The fourth-order valence-corrected chi connectivity index (χ4v) is 3.04. The van der Waals surface area contributed by atoms with E-state index in [1.165, 1.54) is 11.9 Å². The van der Waals surface area contributed by atoms with Crippen LogP contribution < -0.4 is 0 Å². The topological polar surface area (TPSA) is 93.2 Å². The molecule has 9 nitrogen and oxygen atoms in total. The molecule has 1 aliphatic heterocycles. The Kier molecular flexibility index (Phi) is 4.93. The summed E-state index contributed by atoms with van der Waals surface area (Å²) in [6.45, 7) is 5.74. The first kappa shape index (κ1) is 17.3. The minimum atomic E-state index is 0.0552. The van der Waals surface area contributed by atoms with E-state index < -0.39 is 0 Å². The normalized spacial score (nSPS) is 15.2. The van der Waals surface area contributed by atoms with Crippen LogP contribution in [0.5, 0.6) is 0 Å². The van der Waals surface area contributed by atoms with Crippen molar-refractivity contribution in [2.45, 2.75) is 20.0 Å². The second-order valence-corrected chi connectivity index (χ2v) is 6.63. The van der Waals surface area contributed by atoms with E-state index in [4.69, 9.17) is 4.52 Å². The van der Waals surface area contributed by atoms with Crippen molar-refractivity contribution in [1.29, 1.82) is 0 Å². The predicted octanol–water partition coefficient (Wildman–Crippen LogP) is 0.981. The van der Waals surface area contributed by atoms with Crippen molar-refractivity contribution in [3.8, 4) is 11.4 Å². The molecule has 0 unspecified atom stereocenters. The van der Waals surface area contributed by atoms with Gasteiger partial charge < -0.3 is 9.42 Å². The molecule has 1 fully saturated rings. The van der Waals surface area contributed by atoms with Gasteiger partial charge in [0.1, 0.15) is 19.2 Å². The molecule has 0 saturated carbocycles. The van der Waals surface area contributed by atoms with Gasteiger partial charge in [-0.3, -0.25) is 9.69 Å². The van der Waals surface area contributed by atoms with Gasteiger partial charge >= 0.3 is 0 Å². The van der Waals surface area contributed by atoms with E-state index in [9.17, 15) is 4.79 Å². The largest absolute Gasteiger partial charge is 0.339 e. The molecule has 1 amide bonds. The summed E-state index contributed by atoms with van der Waals surface area (Å²) >= 11 is 0. The Hall–Kier alpha value is -3.07. The molecule has 2 aromatic heterocycles. The molecule has 0 bridgehead atoms. The fraction of sp³-hybridized carbons (Fsp3) is 0.389. The van der Waals surface area contributed by atoms with E-state index in [0.717, 1.165) is 18.7 Å². The lowest BCUT2D eigenvalue weighted by molar-refractivity contribution is -0.133. The number of hydrogen-bond donors (Lipinski definition) is 0. The number of carbonyl (C=O) groups is 1. The monoisotopic (exact) mass is 367 g/mol. The molecule has 140 valence electrons. The van der Waals surface area contributed by atoms with Crippen molar-refractivity contribution in [2.24, 2.45) is 0 Å². The molecule has 0 spiro atoms. The minimum absolute atomic E-state index is 0.0552. The maximum atomic E-state index is 12.3. The van der Waals surface area contributed by atoms with Crippen LogP contribution in [0.4, 0.5) is 0 Å². The van der Waals surface area contributed by atoms with E-state index >= 15 is 0 Å². The third-order valence-corrected chi connectivity index (χ3v) is 4.63. The van der Waals surface area contributed by atoms with E-state index in [2.05, 4.69) is 25.1 Å². The fourth-order valence-electron chi connectivity index (χ4n) is 3.04. The van der Waals surface area contributed by atoms with Crippen LogP contribution in [0, 0.1) is 6.92 Å². The van der Waals surface area contributed by atoms with Gasteiger partial charge in [-0.15, -0.1) is 0 Å². The molecule has 27 heavy (non-hydrogen) atoms. The van der Waals surface area contributed by atoms with Gasteiger partial charge in [0, 0.05) is 31.7 Å². The Morgan fingerprint density at radius 2 is 1.93 bits per heavy atom. The number of hydrogen-bond acceptors (Lipinski definition) is 7. The van der Waals surface area contributed by atoms with Gasteiger partial charge in [-0.1, -0.05) is 35.0 Å². The molecule has 3 heterocycles. The summed E-state index contributed by atoms with van der Waals surface area (Å²) in [6, 6.07) is 8.04. The third-order valence-electron chi connectivity index (χ3n) is 4.63. The molecule has 1 saturated heterocycles. The standard InChI is InChI=1S/C18H21N7O2/c1-14-2-4-15(5-3-14)18-21-16(27-22-18)10-23-6-8-24(9-7-23)17(26)11-25-13-19-12-20-25/h2-5,12-13H,6-11H2,1H3. The van der Waals surface area contributed by atoms with Crippen LogP contribution in [0.25, 0.3) is 11.4 Å². The smallest absolute Gasteiger partial charge is 0.244 e. The summed E-state index contributed by atoms with van der Waals surface area (Å²) in [4.78, 5) is 24.7. The summed E-state index contributed by atoms with van der Waals surface area (Å²) < 4.78 is 6.94. The summed E-state index contributed by atoms with van der Waals surface area (Å²) in [5.41, 5.74) is 2.14. The quantitative estimate of drug-likeness (QED) is 0.663. The number of piperazine rings is 1. The lowest BCUT2D eigenvalue weighted by Gasteiger charge is -2.33. The van der Waals surface area contributed by atoms with Crippen LogP contribution in [-0.2, 0) is 17.9 Å². The van der Waals surface area contributed by atoms with E-state index in [-0.39, 0.29) is 12.5 Å². The first-order valence-electron chi connectivity index (χ1n) is 8.89. The molecule has 0 N–H and O–H groups in total. The van der Waals surface area contributed by atoms with Crippen molar-refractivity contribution in [3.63, 3.8) is 0 Å². The first-order valence-corrected chi connectivity index (χ1v) is 8.89. The number of nitrogens with zero attached hydrogens (tertiary/aromatic N) is 7. The van der Waals surface area contributed by atoms with Crippen molar-refractivity contribution in [3.05, 3.63) is 48.4 Å². The van der Waals surface area contributed by atoms with E-state index in [1.807, 2.05) is 36.1 Å². The van der Waals surface area contributed by atoms with Crippen molar-refractivity contribution < 1.29 is 9.32 Å². The second kappa shape index (κ2) is 7.67. The molecule has 1 aliphatic rings. The number of benzene rings is 1. The molecule has 9 heteroatoms. The van der Waals surface area contributed by atoms with Crippen LogP contribution in [0.2, 0.25) is 0 Å². The molecule has 1 aromatic carbocycles. The molecule has 0 radical (unpaired) electrons. The maximum absolute atomic E-state index is 12.3. The SMILES string of the molecule is Cc1ccc(-c2noc(CN3CCN(C(=O)Cn4cncn4)CC3)n2)cc1. The zero-order chi connectivity index (χ0) is 18.6. The van der Waals surface area contributed by atoms with E-state index in [1.54, 1.807) is 11.0 Å². The Balaban J connectivity index is 1.29. The zero-order valence-electron chi connectivity index (χ0n) is 15.2. The van der Waals surface area contributed by atoms with Gasteiger partial charge in [0.15, 0.2) is 0 Å². The van der Waals surface area contributed by atoms with Gasteiger partial charge in [-0.25, -0.2) is 9.67 Å². The summed E-state index contributed by atoms with van der Waals surface area (Å²) in [5, 5.41) is 8.05. The highest BCUT2D eigenvalue weighted by Gasteiger charge is 2.23. The zero-order valence-corrected chi connectivity index (χ0v) is 15.2. The van der Waals surface area contributed by atoms with Gasteiger partial charge in [0.05, 0.1) is 6.54 Å². The highest BCUT2D eigenvalue weighted by atomic mass is 16.5. The minimum Gasteiger partial charge on any atom is -0.339 e. The van der Waals surface area contributed by atoms with Crippen LogP contribution in [0.1, 0.15) is 11.5 Å². The lowest BCUT2D eigenvalue weighted by atomic mass is 10.1. The molecular weight excluding hydrogens is 346 g/mol.